The van der Waals surface area contributed by atoms with Crippen LogP contribution in [0, 0.1) is 18.7 Å². The Balaban J connectivity index is 1.88. The summed E-state index contributed by atoms with van der Waals surface area (Å²) in [5, 5.41) is 3.83. The lowest BCUT2D eigenvalue weighted by molar-refractivity contribution is 0.0714. The Morgan fingerprint density at radius 2 is 2.00 bits per heavy atom. The highest BCUT2D eigenvalue weighted by Crippen LogP contribution is 2.40. The zero-order chi connectivity index (χ0) is 23.2. The summed E-state index contributed by atoms with van der Waals surface area (Å²) in [5.41, 5.74) is 3.22. The molecule has 3 aromatic rings. The van der Waals surface area contributed by atoms with E-state index in [1.165, 1.54) is 12.1 Å². The molecule has 0 aliphatic carbocycles. The highest BCUT2D eigenvalue weighted by Gasteiger charge is 2.36. The first-order valence-corrected chi connectivity index (χ1v) is 11.0. The van der Waals surface area contributed by atoms with E-state index in [1.807, 2.05) is 26.1 Å². The van der Waals surface area contributed by atoms with Crippen molar-refractivity contribution in [3.05, 3.63) is 69.1 Å². The van der Waals surface area contributed by atoms with E-state index in [9.17, 15) is 9.18 Å². The van der Waals surface area contributed by atoms with Gasteiger partial charge < -0.3 is 4.90 Å². The first-order valence-electron chi connectivity index (χ1n) is 10.3. The fourth-order valence-corrected chi connectivity index (χ4v) is 4.42. The van der Waals surface area contributed by atoms with Gasteiger partial charge in [-0.3, -0.25) is 9.48 Å². The third kappa shape index (κ3) is 3.69. The van der Waals surface area contributed by atoms with E-state index in [4.69, 9.17) is 28.2 Å². The summed E-state index contributed by atoms with van der Waals surface area (Å²) < 4.78 is 16.1. The highest BCUT2D eigenvalue weighted by molar-refractivity contribution is 6.37. The summed E-state index contributed by atoms with van der Waals surface area (Å²) in [6.07, 6.45) is 6.02. The van der Waals surface area contributed by atoms with E-state index in [1.54, 1.807) is 22.0 Å². The Bertz CT molecular complexity index is 1240. The summed E-state index contributed by atoms with van der Waals surface area (Å²) in [5.74, 6) is -0.577. The SMILES string of the molecule is CCC(C)[C@H]1c2nc(C)nc(-c3ccnn3C)c2C=CN1C(=O)c1ccc(Cl)c(F)c1Cl. The molecule has 4 rings (SSSR count). The number of hydrogen-bond acceptors (Lipinski definition) is 4. The van der Waals surface area contributed by atoms with Gasteiger partial charge in [0.05, 0.1) is 38.7 Å². The van der Waals surface area contributed by atoms with Crippen LogP contribution in [-0.2, 0) is 7.05 Å². The first-order chi connectivity index (χ1) is 15.2. The maximum atomic E-state index is 14.3. The fourth-order valence-electron chi connectivity index (χ4n) is 3.96. The maximum Gasteiger partial charge on any atom is 0.260 e. The Morgan fingerprint density at radius 3 is 2.66 bits per heavy atom. The summed E-state index contributed by atoms with van der Waals surface area (Å²) >= 11 is 12.0. The molecule has 0 N–H and O–H groups in total. The third-order valence-electron chi connectivity index (χ3n) is 5.82. The minimum atomic E-state index is -0.808. The van der Waals surface area contributed by atoms with Crippen molar-refractivity contribution in [2.24, 2.45) is 13.0 Å². The lowest BCUT2D eigenvalue weighted by Gasteiger charge is -2.36. The molecule has 1 aliphatic rings. The van der Waals surface area contributed by atoms with Crippen LogP contribution < -0.4 is 0 Å². The predicted molar refractivity (Wildman–Crippen MR) is 123 cm³/mol. The smallest absolute Gasteiger partial charge is 0.260 e. The number of fused-ring (bicyclic) bond motifs is 1. The second kappa shape index (κ2) is 8.64. The van der Waals surface area contributed by atoms with Crippen molar-refractivity contribution in [2.45, 2.75) is 33.2 Å². The third-order valence-corrected chi connectivity index (χ3v) is 6.48. The predicted octanol–water partition coefficient (Wildman–Crippen LogP) is 5.85. The summed E-state index contributed by atoms with van der Waals surface area (Å²) in [6, 6.07) is 4.29. The first kappa shape index (κ1) is 22.4. The van der Waals surface area contributed by atoms with Crippen LogP contribution in [0.2, 0.25) is 10.0 Å². The monoisotopic (exact) mass is 473 g/mol. The number of amides is 1. The number of nitrogens with zero attached hydrogens (tertiary/aromatic N) is 5. The van der Waals surface area contributed by atoms with Crippen LogP contribution in [-0.4, -0.2) is 30.6 Å². The normalized spacial score (nSPS) is 16.2. The van der Waals surface area contributed by atoms with Crippen LogP contribution in [0.5, 0.6) is 0 Å². The van der Waals surface area contributed by atoms with Crippen LogP contribution >= 0.6 is 23.2 Å². The van der Waals surface area contributed by atoms with Crippen LogP contribution in [0.1, 0.15) is 53.7 Å². The van der Waals surface area contributed by atoms with E-state index in [2.05, 4.69) is 23.9 Å². The molecule has 0 saturated carbocycles. The summed E-state index contributed by atoms with van der Waals surface area (Å²) in [4.78, 5) is 24.5. The molecule has 0 radical (unpaired) electrons. The number of hydrogen-bond donors (Lipinski definition) is 0. The minimum Gasteiger partial charge on any atom is -0.306 e. The van der Waals surface area contributed by atoms with Gasteiger partial charge in [-0.05, 0) is 37.1 Å². The minimum absolute atomic E-state index is 0.0487. The number of aromatic nitrogens is 4. The van der Waals surface area contributed by atoms with Crippen molar-refractivity contribution in [3.63, 3.8) is 0 Å². The van der Waals surface area contributed by atoms with Crippen LogP contribution in [0.25, 0.3) is 17.5 Å². The second-order valence-corrected chi connectivity index (χ2v) is 8.63. The number of carbonyl (C=O) groups is 1. The number of benzene rings is 1. The molecule has 0 spiro atoms. The number of aryl methyl sites for hydroxylation is 2. The molecule has 0 fully saturated rings. The zero-order valence-corrected chi connectivity index (χ0v) is 19.6. The van der Waals surface area contributed by atoms with Crippen molar-refractivity contribution >= 4 is 35.2 Å². The molecule has 1 unspecified atom stereocenters. The van der Waals surface area contributed by atoms with E-state index >= 15 is 0 Å². The molecule has 1 aliphatic heterocycles. The van der Waals surface area contributed by atoms with E-state index in [0.717, 1.165) is 29.1 Å². The molecule has 6 nitrogen and oxygen atoms in total. The van der Waals surface area contributed by atoms with E-state index in [-0.39, 0.29) is 27.6 Å². The van der Waals surface area contributed by atoms with Gasteiger partial charge in [0.2, 0.25) is 0 Å². The molecule has 2 aromatic heterocycles. The topological polar surface area (TPSA) is 63.9 Å². The van der Waals surface area contributed by atoms with Gasteiger partial charge in [-0.25, -0.2) is 14.4 Å². The van der Waals surface area contributed by atoms with Crippen molar-refractivity contribution in [3.8, 4) is 11.4 Å². The fraction of sp³-hybridized carbons (Fsp3) is 0.304. The second-order valence-electron chi connectivity index (χ2n) is 7.84. The molecular formula is C23H22Cl2FN5O. The molecule has 9 heteroatoms. The summed E-state index contributed by atoms with van der Waals surface area (Å²) in [7, 11) is 1.85. The van der Waals surface area contributed by atoms with Gasteiger partial charge in [0.25, 0.3) is 5.91 Å². The molecule has 0 saturated heterocycles. The van der Waals surface area contributed by atoms with Gasteiger partial charge in [0, 0.05) is 25.0 Å². The van der Waals surface area contributed by atoms with E-state index < -0.39 is 11.7 Å². The Labute approximate surface area is 195 Å². The Kier molecular flexibility index (Phi) is 6.05. The molecule has 166 valence electrons. The van der Waals surface area contributed by atoms with Gasteiger partial charge in [-0.1, -0.05) is 43.5 Å². The van der Waals surface area contributed by atoms with Gasteiger partial charge >= 0.3 is 0 Å². The van der Waals surface area contributed by atoms with Crippen molar-refractivity contribution < 1.29 is 9.18 Å². The number of rotatable bonds is 4. The molecule has 1 aromatic carbocycles. The van der Waals surface area contributed by atoms with E-state index in [0.29, 0.717) is 5.82 Å². The number of carbonyl (C=O) groups excluding carboxylic acids is 1. The molecule has 0 bridgehead atoms. The van der Waals surface area contributed by atoms with Gasteiger partial charge in [0.1, 0.15) is 5.82 Å². The molecule has 3 heterocycles. The average molecular weight is 474 g/mol. The van der Waals surface area contributed by atoms with Crippen molar-refractivity contribution in [1.29, 1.82) is 0 Å². The Morgan fingerprint density at radius 1 is 1.25 bits per heavy atom. The van der Waals surface area contributed by atoms with Crippen molar-refractivity contribution in [1.82, 2.24) is 24.6 Å². The quantitative estimate of drug-likeness (QED) is 0.446. The Hall–Kier alpha value is -2.77. The van der Waals surface area contributed by atoms with Gasteiger partial charge in [-0.2, -0.15) is 5.10 Å². The zero-order valence-electron chi connectivity index (χ0n) is 18.1. The molecule has 2 atom stereocenters. The maximum absolute atomic E-state index is 14.3. The standard InChI is InChI=1S/C23H22Cl2FN5O/c1-5-12(2)22-21-15(20(28-13(3)29-21)17-8-10-27-30(17)4)9-11-31(22)23(32)14-6-7-16(24)19(26)18(14)25/h6-12,22H,5H2,1-4H3/t12?,22-/m0/s1. The lowest BCUT2D eigenvalue weighted by Crippen LogP contribution is -2.37. The molecule has 1 amide bonds. The lowest BCUT2D eigenvalue weighted by atomic mass is 9.88. The van der Waals surface area contributed by atoms with Crippen LogP contribution in [0.4, 0.5) is 4.39 Å². The van der Waals surface area contributed by atoms with Crippen molar-refractivity contribution in [2.75, 3.05) is 0 Å². The molecule has 32 heavy (non-hydrogen) atoms. The average Bonchev–Trinajstić information content (AvgIpc) is 3.20. The molecular weight excluding hydrogens is 452 g/mol. The van der Waals surface area contributed by atoms with Gasteiger partial charge in [-0.15, -0.1) is 0 Å². The summed E-state index contributed by atoms with van der Waals surface area (Å²) in [6.45, 7) is 5.93. The largest absolute Gasteiger partial charge is 0.306 e. The van der Waals surface area contributed by atoms with Gasteiger partial charge in [0.15, 0.2) is 5.82 Å². The van der Waals surface area contributed by atoms with Crippen LogP contribution in [0.3, 0.4) is 0 Å². The van der Waals surface area contributed by atoms with Crippen LogP contribution in [0.15, 0.2) is 30.6 Å². The number of halogens is 3. The highest BCUT2D eigenvalue weighted by atomic mass is 35.5.